The molecule has 126 valence electrons. The largest absolute Gasteiger partial charge is 0.441 e. The number of aromatic nitrogens is 3. The van der Waals surface area contributed by atoms with E-state index >= 15 is 0 Å². The van der Waals surface area contributed by atoms with Gasteiger partial charge in [-0.25, -0.2) is 9.78 Å². The Morgan fingerprint density at radius 3 is 2.79 bits per heavy atom. The zero-order chi connectivity index (χ0) is 17.3. The molecule has 2 N–H and O–H groups in total. The zero-order valence-electron chi connectivity index (χ0n) is 14.2. The minimum absolute atomic E-state index is 0.114. The molecule has 0 aliphatic carbocycles. The van der Waals surface area contributed by atoms with Crippen molar-refractivity contribution < 1.29 is 9.21 Å². The maximum Gasteiger partial charge on any atom is 0.319 e. The molecule has 0 spiro atoms. The predicted molar refractivity (Wildman–Crippen MR) is 91.7 cm³/mol. The van der Waals surface area contributed by atoms with Crippen LogP contribution in [0, 0.1) is 12.8 Å². The fourth-order valence-electron chi connectivity index (χ4n) is 2.66. The Labute approximate surface area is 140 Å². The molecule has 7 nitrogen and oxygen atoms in total. The normalized spacial score (nSPS) is 12.5. The van der Waals surface area contributed by atoms with Crippen molar-refractivity contribution in [3.05, 3.63) is 42.0 Å². The van der Waals surface area contributed by atoms with E-state index in [1.807, 2.05) is 13.2 Å². The fraction of sp³-hybridized carbons (Fsp3) is 0.353. The molecular formula is C17H21N5O2. The number of aryl methyl sites for hydroxylation is 2. The van der Waals surface area contributed by atoms with Crippen molar-refractivity contribution in [1.82, 2.24) is 20.1 Å². The van der Waals surface area contributed by atoms with Gasteiger partial charge in [0.15, 0.2) is 11.5 Å². The van der Waals surface area contributed by atoms with Crippen LogP contribution in [0.1, 0.15) is 31.3 Å². The van der Waals surface area contributed by atoms with Crippen molar-refractivity contribution in [3.63, 3.8) is 0 Å². The lowest BCUT2D eigenvalue weighted by Crippen LogP contribution is -2.35. The third kappa shape index (κ3) is 3.40. The number of carbonyl (C=O) groups excluding carboxylic acids is 1. The van der Waals surface area contributed by atoms with E-state index in [-0.39, 0.29) is 18.0 Å². The van der Waals surface area contributed by atoms with Gasteiger partial charge < -0.3 is 15.1 Å². The molecule has 1 atom stereocenters. The van der Waals surface area contributed by atoms with Crippen molar-refractivity contribution in [2.24, 2.45) is 13.0 Å². The highest BCUT2D eigenvalue weighted by molar-refractivity contribution is 5.91. The number of carbonyl (C=O) groups is 1. The third-order valence-corrected chi connectivity index (χ3v) is 3.79. The van der Waals surface area contributed by atoms with Crippen LogP contribution in [0.25, 0.3) is 11.1 Å². The minimum Gasteiger partial charge on any atom is -0.441 e. The first-order valence-corrected chi connectivity index (χ1v) is 7.85. The van der Waals surface area contributed by atoms with Crippen molar-refractivity contribution in [1.29, 1.82) is 0 Å². The van der Waals surface area contributed by atoms with Crippen molar-refractivity contribution in [2.75, 3.05) is 5.32 Å². The molecule has 0 aliphatic rings. The van der Waals surface area contributed by atoms with Gasteiger partial charge in [0, 0.05) is 31.4 Å². The van der Waals surface area contributed by atoms with E-state index in [1.165, 1.54) is 0 Å². The summed E-state index contributed by atoms with van der Waals surface area (Å²) in [6.45, 7) is 5.91. The summed E-state index contributed by atoms with van der Waals surface area (Å²) in [5.41, 5.74) is 3.07. The molecule has 24 heavy (non-hydrogen) atoms. The number of nitrogens with zero attached hydrogens (tertiary/aromatic N) is 3. The van der Waals surface area contributed by atoms with Gasteiger partial charge in [-0.05, 0) is 24.1 Å². The van der Waals surface area contributed by atoms with Gasteiger partial charge in [-0.1, -0.05) is 13.8 Å². The highest BCUT2D eigenvalue weighted by Gasteiger charge is 2.20. The first-order chi connectivity index (χ1) is 11.4. The van der Waals surface area contributed by atoms with Crippen LogP contribution in [-0.4, -0.2) is 20.8 Å². The first kappa shape index (κ1) is 16.0. The van der Waals surface area contributed by atoms with Crippen LogP contribution in [0.5, 0.6) is 0 Å². The molecule has 1 aromatic carbocycles. The van der Waals surface area contributed by atoms with Crippen LogP contribution in [0.4, 0.5) is 10.5 Å². The predicted octanol–water partition coefficient (Wildman–Crippen LogP) is 3.39. The summed E-state index contributed by atoms with van der Waals surface area (Å²) in [6, 6.07) is 5.00. The molecule has 2 amide bonds. The van der Waals surface area contributed by atoms with Crippen LogP contribution in [0.3, 0.4) is 0 Å². The number of amides is 2. The van der Waals surface area contributed by atoms with Crippen LogP contribution in [-0.2, 0) is 7.05 Å². The summed E-state index contributed by atoms with van der Waals surface area (Å²) in [7, 11) is 1.86. The zero-order valence-corrected chi connectivity index (χ0v) is 14.2. The van der Waals surface area contributed by atoms with E-state index in [0.29, 0.717) is 17.2 Å². The number of urea groups is 1. The second kappa shape index (κ2) is 6.35. The Morgan fingerprint density at radius 2 is 2.12 bits per heavy atom. The number of hydrogen-bond donors (Lipinski definition) is 2. The van der Waals surface area contributed by atoms with E-state index in [9.17, 15) is 4.79 Å². The summed E-state index contributed by atoms with van der Waals surface area (Å²) in [5.74, 6) is 0.837. The molecule has 0 aliphatic heterocycles. The number of rotatable bonds is 4. The van der Waals surface area contributed by atoms with Gasteiger partial charge in [0.05, 0.1) is 12.2 Å². The maximum atomic E-state index is 12.4. The van der Waals surface area contributed by atoms with Gasteiger partial charge in [0.2, 0.25) is 0 Å². The van der Waals surface area contributed by atoms with Gasteiger partial charge in [0.25, 0.3) is 0 Å². The van der Waals surface area contributed by atoms with Gasteiger partial charge in [-0.2, -0.15) is 5.10 Å². The summed E-state index contributed by atoms with van der Waals surface area (Å²) < 4.78 is 7.16. The van der Waals surface area contributed by atoms with Crippen LogP contribution in [0.2, 0.25) is 0 Å². The monoisotopic (exact) mass is 327 g/mol. The molecule has 0 fully saturated rings. The molecule has 0 saturated carbocycles. The molecule has 3 rings (SSSR count). The van der Waals surface area contributed by atoms with Gasteiger partial charge in [-0.3, -0.25) is 4.68 Å². The molecule has 2 aromatic heterocycles. The van der Waals surface area contributed by atoms with Crippen molar-refractivity contribution in [3.8, 4) is 0 Å². The molecule has 3 aromatic rings. The average Bonchev–Trinajstić information content (AvgIpc) is 3.08. The standard InChI is InChI=1S/C17H21N5O2/c1-10(2)16(12-8-18-22(4)9-12)21-17(23)20-13-5-6-15-14(7-13)19-11(3)24-15/h5-10,16H,1-4H3,(H2,20,21,23). The number of hydrogen-bond acceptors (Lipinski definition) is 4. The van der Waals surface area contributed by atoms with Crippen LogP contribution < -0.4 is 10.6 Å². The molecule has 0 radical (unpaired) electrons. The number of oxazole rings is 1. The summed E-state index contributed by atoms with van der Waals surface area (Å²) in [5, 5.41) is 10.0. The second-order valence-electron chi connectivity index (χ2n) is 6.18. The van der Waals surface area contributed by atoms with Crippen molar-refractivity contribution in [2.45, 2.75) is 26.8 Å². The molecule has 1 unspecified atom stereocenters. The maximum absolute atomic E-state index is 12.4. The Bertz CT molecular complexity index is 865. The summed E-state index contributed by atoms with van der Waals surface area (Å²) in [4.78, 5) is 16.6. The Kier molecular flexibility index (Phi) is 4.24. The van der Waals surface area contributed by atoms with E-state index in [0.717, 1.165) is 11.1 Å². The highest BCUT2D eigenvalue weighted by atomic mass is 16.3. The Balaban J connectivity index is 1.72. The minimum atomic E-state index is -0.267. The van der Waals surface area contributed by atoms with Crippen LogP contribution >= 0.6 is 0 Å². The van der Waals surface area contributed by atoms with E-state index in [1.54, 1.807) is 36.0 Å². The van der Waals surface area contributed by atoms with Gasteiger partial charge >= 0.3 is 6.03 Å². The third-order valence-electron chi connectivity index (χ3n) is 3.79. The number of fused-ring (bicyclic) bond motifs is 1. The fourth-order valence-corrected chi connectivity index (χ4v) is 2.66. The SMILES string of the molecule is Cc1nc2cc(NC(=O)NC(c3cnn(C)c3)C(C)C)ccc2o1. The van der Waals surface area contributed by atoms with Crippen molar-refractivity contribution >= 4 is 22.8 Å². The lowest BCUT2D eigenvalue weighted by Gasteiger charge is -2.21. The van der Waals surface area contributed by atoms with Crippen LogP contribution in [0.15, 0.2) is 35.0 Å². The molecule has 0 bridgehead atoms. The van der Waals surface area contributed by atoms with E-state index in [2.05, 4.69) is 34.6 Å². The Morgan fingerprint density at radius 1 is 1.33 bits per heavy atom. The first-order valence-electron chi connectivity index (χ1n) is 7.85. The average molecular weight is 327 g/mol. The Hall–Kier alpha value is -2.83. The number of anilines is 1. The van der Waals surface area contributed by atoms with Gasteiger partial charge in [0.1, 0.15) is 5.52 Å². The number of benzene rings is 1. The second-order valence-corrected chi connectivity index (χ2v) is 6.18. The smallest absolute Gasteiger partial charge is 0.319 e. The quantitative estimate of drug-likeness (QED) is 0.769. The summed E-state index contributed by atoms with van der Waals surface area (Å²) >= 11 is 0. The topological polar surface area (TPSA) is 85.0 Å². The number of nitrogens with one attached hydrogen (secondary N) is 2. The lowest BCUT2D eigenvalue weighted by molar-refractivity contribution is 0.244. The van der Waals surface area contributed by atoms with E-state index < -0.39 is 0 Å². The summed E-state index contributed by atoms with van der Waals surface area (Å²) in [6.07, 6.45) is 3.68. The lowest BCUT2D eigenvalue weighted by atomic mass is 9.99. The van der Waals surface area contributed by atoms with Gasteiger partial charge in [-0.15, -0.1) is 0 Å². The highest BCUT2D eigenvalue weighted by Crippen LogP contribution is 2.22. The molecule has 2 heterocycles. The molecule has 0 saturated heterocycles. The molecular weight excluding hydrogens is 306 g/mol. The van der Waals surface area contributed by atoms with E-state index in [4.69, 9.17) is 4.42 Å². The molecule has 7 heteroatoms.